The first-order chi connectivity index (χ1) is 5.45. The van der Waals surface area contributed by atoms with Crippen LogP contribution in [0, 0.1) is 0 Å². The summed E-state index contributed by atoms with van der Waals surface area (Å²) in [6, 6.07) is 9.98. The van der Waals surface area contributed by atoms with Gasteiger partial charge in [0.05, 0.1) is 0 Å². The van der Waals surface area contributed by atoms with Gasteiger partial charge in [-0.2, -0.15) is 11.8 Å². The van der Waals surface area contributed by atoms with E-state index in [4.69, 9.17) is 4.74 Å². The molecule has 0 spiro atoms. The van der Waals surface area contributed by atoms with Crippen LogP contribution in [0.15, 0.2) is 30.3 Å². The second-order valence-corrected chi connectivity index (χ2v) is 3.91. The van der Waals surface area contributed by atoms with Crippen LogP contribution in [-0.4, -0.2) is 17.6 Å². The molecule has 1 unspecified atom stereocenters. The lowest BCUT2D eigenvalue weighted by Gasteiger charge is -2.02. The highest BCUT2D eigenvalue weighted by atomic mass is 32.2. The number of rotatable bonds is 3. The van der Waals surface area contributed by atoms with Gasteiger partial charge in [-0.25, -0.2) is 0 Å². The molecule has 1 atom stereocenters. The summed E-state index contributed by atoms with van der Waals surface area (Å²) in [4.78, 5) is 0. The molecule has 2 rings (SSSR count). The molecular weight excluding hydrogens is 156 g/mol. The van der Waals surface area contributed by atoms with Crippen molar-refractivity contribution in [3.63, 3.8) is 0 Å². The van der Waals surface area contributed by atoms with E-state index in [1.807, 2.05) is 42.1 Å². The van der Waals surface area contributed by atoms with E-state index < -0.39 is 0 Å². The van der Waals surface area contributed by atoms with Crippen LogP contribution >= 0.6 is 11.8 Å². The van der Waals surface area contributed by atoms with Crippen molar-refractivity contribution in [2.24, 2.45) is 0 Å². The Hall–Kier alpha value is -0.630. The Labute approximate surface area is 70.8 Å². The number of thioether (sulfide) groups is 1. The Balaban J connectivity index is 1.85. The number of benzene rings is 1. The molecule has 1 aliphatic heterocycles. The summed E-state index contributed by atoms with van der Waals surface area (Å²) in [5, 5.41) is 0.759. The zero-order valence-corrected chi connectivity index (χ0v) is 7.01. The highest BCUT2D eigenvalue weighted by Crippen LogP contribution is 2.30. The predicted octanol–water partition coefficient (Wildman–Crippen LogP) is 2.18. The van der Waals surface area contributed by atoms with Gasteiger partial charge >= 0.3 is 0 Å². The average Bonchev–Trinajstić information content (AvgIpc) is 2.86. The molecule has 0 aromatic heterocycles. The molecule has 0 bridgehead atoms. The minimum Gasteiger partial charge on any atom is -0.492 e. The summed E-state index contributed by atoms with van der Waals surface area (Å²) in [6.45, 7) is 0.870. The van der Waals surface area contributed by atoms with E-state index in [0.29, 0.717) is 0 Å². The van der Waals surface area contributed by atoms with Crippen LogP contribution < -0.4 is 4.74 Å². The third-order valence-corrected chi connectivity index (χ3v) is 2.52. The van der Waals surface area contributed by atoms with Crippen molar-refractivity contribution in [3.05, 3.63) is 30.3 Å². The quantitative estimate of drug-likeness (QED) is 0.636. The molecule has 1 aromatic rings. The lowest BCUT2D eigenvalue weighted by Crippen LogP contribution is -2.02. The van der Waals surface area contributed by atoms with Gasteiger partial charge in [-0.05, 0) is 12.1 Å². The first-order valence-corrected chi connectivity index (χ1v) is 4.79. The largest absolute Gasteiger partial charge is 0.492 e. The van der Waals surface area contributed by atoms with Crippen LogP contribution in [0.1, 0.15) is 0 Å². The Morgan fingerprint density at radius 2 is 2.09 bits per heavy atom. The van der Waals surface area contributed by atoms with Gasteiger partial charge in [0.1, 0.15) is 12.4 Å². The standard InChI is InChI=1S/C9H10OS/c1-2-4-8(5-3-1)10-6-9-7-11-9/h1-5,9H,6-7H2. The zero-order chi connectivity index (χ0) is 7.52. The molecule has 58 valence electrons. The fourth-order valence-corrected chi connectivity index (χ4v) is 1.27. The molecule has 1 saturated heterocycles. The number of para-hydroxylation sites is 1. The molecule has 2 heteroatoms. The summed E-state index contributed by atoms with van der Waals surface area (Å²) in [6.07, 6.45) is 0. The third kappa shape index (κ3) is 2.15. The first kappa shape index (κ1) is 7.04. The molecule has 11 heavy (non-hydrogen) atoms. The maximum atomic E-state index is 5.51. The van der Waals surface area contributed by atoms with Crippen LogP contribution in [0.25, 0.3) is 0 Å². The molecule has 0 aliphatic carbocycles. The molecule has 0 amide bonds. The van der Waals surface area contributed by atoms with Gasteiger partial charge in [0.2, 0.25) is 0 Å². The Morgan fingerprint density at radius 1 is 1.36 bits per heavy atom. The lowest BCUT2D eigenvalue weighted by atomic mass is 10.3. The minimum atomic E-state index is 0.759. The number of ether oxygens (including phenoxy) is 1. The molecule has 1 nitrogen and oxygen atoms in total. The van der Waals surface area contributed by atoms with Crippen molar-refractivity contribution in [1.29, 1.82) is 0 Å². The van der Waals surface area contributed by atoms with Gasteiger partial charge in [-0.15, -0.1) is 0 Å². The summed E-state index contributed by atoms with van der Waals surface area (Å²) in [7, 11) is 0. The Bertz CT molecular complexity index is 218. The van der Waals surface area contributed by atoms with E-state index in [9.17, 15) is 0 Å². The smallest absolute Gasteiger partial charge is 0.119 e. The van der Waals surface area contributed by atoms with Crippen molar-refractivity contribution in [3.8, 4) is 5.75 Å². The lowest BCUT2D eigenvalue weighted by molar-refractivity contribution is 0.330. The van der Waals surface area contributed by atoms with Crippen molar-refractivity contribution < 1.29 is 4.74 Å². The second kappa shape index (κ2) is 3.18. The van der Waals surface area contributed by atoms with Crippen LogP contribution in [0.5, 0.6) is 5.75 Å². The highest BCUT2D eigenvalue weighted by Gasteiger charge is 2.22. The van der Waals surface area contributed by atoms with Gasteiger partial charge in [0.15, 0.2) is 0 Å². The number of hydrogen-bond acceptors (Lipinski definition) is 2. The monoisotopic (exact) mass is 166 g/mol. The highest BCUT2D eigenvalue weighted by molar-refractivity contribution is 8.06. The normalized spacial score (nSPS) is 21.3. The predicted molar refractivity (Wildman–Crippen MR) is 48.2 cm³/mol. The van der Waals surface area contributed by atoms with E-state index in [2.05, 4.69) is 0 Å². The summed E-state index contributed by atoms with van der Waals surface area (Å²) in [5.74, 6) is 2.26. The molecule has 1 aliphatic rings. The average molecular weight is 166 g/mol. The van der Waals surface area contributed by atoms with Crippen molar-refractivity contribution in [1.82, 2.24) is 0 Å². The molecular formula is C9H10OS. The molecule has 1 heterocycles. The second-order valence-electron chi connectivity index (χ2n) is 2.58. The fourth-order valence-electron chi connectivity index (χ4n) is 0.870. The van der Waals surface area contributed by atoms with Gasteiger partial charge in [-0.3, -0.25) is 0 Å². The fraction of sp³-hybridized carbons (Fsp3) is 0.333. The van der Waals surface area contributed by atoms with Crippen LogP contribution in [0.4, 0.5) is 0 Å². The van der Waals surface area contributed by atoms with Gasteiger partial charge in [-0.1, -0.05) is 18.2 Å². The SMILES string of the molecule is c1ccc(OCC2CS2)cc1. The Morgan fingerprint density at radius 3 is 2.73 bits per heavy atom. The van der Waals surface area contributed by atoms with E-state index in [0.717, 1.165) is 17.6 Å². The van der Waals surface area contributed by atoms with Crippen LogP contribution in [0.2, 0.25) is 0 Å². The van der Waals surface area contributed by atoms with E-state index >= 15 is 0 Å². The maximum Gasteiger partial charge on any atom is 0.119 e. The van der Waals surface area contributed by atoms with Crippen molar-refractivity contribution in [2.45, 2.75) is 5.25 Å². The number of hydrogen-bond donors (Lipinski definition) is 0. The summed E-state index contributed by atoms with van der Waals surface area (Å²) >= 11 is 1.96. The van der Waals surface area contributed by atoms with Crippen molar-refractivity contribution >= 4 is 11.8 Å². The molecule has 1 fully saturated rings. The van der Waals surface area contributed by atoms with Crippen LogP contribution in [0.3, 0.4) is 0 Å². The first-order valence-electron chi connectivity index (χ1n) is 3.74. The van der Waals surface area contributed by atoms with Crippen LogP contribution in [-0.2, 0) is 0 Å². The zero-order valence-electron chi connectivity index (χ0n) is 6.19. The molecule has 0 radical (unpaired) electrons. The van der Waals surface area contributed by atoms with Gasteiger partial charge in [0, 0.05) is 11.0 Å². The maximum absolute atomic E-state index is 5.51. The molecule has 1 aromatic carbocycles. The topological polar surface area (TPSA) is 9.23 Å². The van der Waals surface area contributed by atoms with E-state index in [-0.39, 0.29) is 0 Å². The summed E-state index contributed by atoms with van der Waals surface area (Å²) < 4.78 is 5.51. The molecule has 0 saturated carbocycles. The van der Waals surface area contributed by atoms with Gasteiger partial charge < -0.3 is 4.74 Å². The summed E-state index contributed by atoms with van der Waals surface area (Å²) in [5.41, 5.74) is 0. The minimum absolute atomic E-state index is 0.759. The van der Waals surface area contributed by atoms with E-state index in [1.54, 1.807) is 0 Å². The molecule has 0 N–H and O–H groups in total. The Kier molecular flexibility index (Phi) is 2.04. The van der Waals surface area contributed by atoms with Gasteiger partial charge in [0.25, 0.3) is 0 Å². The van der Waals surface area contributed by atoms with E-state index in [1.165, 1.54) is 5.75 Å². The third-order valence-electron chi connectivity index (χ3n) is 1.58. The van der Waals surface area contributed by atoms with Crippen molar-refractivity contribution in [2.75, 3.05) is 12.4 Å².